The number of nitrogens with zero attached hydrogens (tertiary/aromatic N) is 5. The minimum absolute atomic E-state index is 0.0224. The molecule has 3 heterocycles. The number of ether oxygens (including phenoxy) is 1. The van der Waals surface area contributed by atoms with Crippen molar-refractivity contribution in [2.75, 3.05) is 48.4 Å². The van der Waals surface area contributed by atoms with Gasteiger partial charge < -0.3 is 30.9 Å². The third-order valence-corrected chi connectivity index (χ3v) is 5.55. The molecule has 1 aromatic carbocycles. The molecule has 0 radical (unpaired) electrons. The van der Waals surface area contributed by atoms with Crippen molar-refractivity contribution in [3.63, 3.8) is 0 Å². The van der Waals surface area contributed by atoms with Gasteiger partial charge in [-0.25, -0.2) is 0 Å². The van der Waals surface area contributed by atoms with Crippen LogP contribution in [0.5, 0.6) is 0 Å². The average Bonchev–Trinajstić information content (AvgIpc) is 2.80. The molecule has 3 amide bonds. The summed E-state index contributed by atoms with van der Waals surface area (Å²) in [6.45, 7) is 3.86. The van der Waals surface area contributed by atoms with E-state index in [9.17, 15) is 14.4 Å². The maximum Gasteiger partial charge on any atom is 0.273 e. The maximum atomic E-state index is 12.0. The monoisotopic (exact) mass is 454 g/mol. The van der Waals surface area contributed by atoms with Crippen LogP contribution in [0.3, 0.4) is 0 Å². The van der Waals surface area contributed by atoms with Gasteiger partial charge in [-0.1, -0.05) is 0 Å². The normalized spacial score (nSPS) is 18.7. The van der Waals surface area contributed by atoms with Crippen molar-refractivity contribution in [2.45, 2.75) is 25.8 Å². The largest absolute Gasteiger partial charge is 0.370 e. The lowest BCUT2D eigenvalue weighted by atomic mass is 10.1. The van der Waals surface area contributed by atoms with Crippen LogP contribution < -0.4 is 21.3 Å². The molecule has 2 aromatic rings. The fourth-order valence-electron chi connectivity index (χ4n) is 3.86. The van der Waals surface area contributed by atoms with E-state index >= 15 is 0 Å². The fraction of sp³-hybridized carbons (Fsp3) is 0.429. The number of benzene rings is 1. The molecule has 0 unspecified atom stereocenters. The second kappa shape index (κ2) is 9.77. The van der Waals surface area contributed by atoms with Gasteiger partial charge in [0.2, 0.25) is 11.9 Å². The molecule has 0 saturated carbocycles. The Balaban J connectivity index is 1.49. The number of amides is 3. The minimum Gasteiger partial charge on any atom is -0.370 e. The Hall–Kier alpha value is -3.80. The Morgan fingerprint density at radius 3 is 2.67 bits per heavy atom. The lowest BCUT2D eigenvalue weighted by molar-refractivity contribution is -0.129. The van der Waals surface area contributed by atoms with Gasteiger partial charge in [-0.15, -0.1) is 10.2 Å². The highest BCUT2D eigenvalue weighted by molar-refractivity contribution is 5.96. The van der Waals surface area contributed by atoms with Crippen LogP contribution in [-0.4, -0.2) is 76.7 Å². The van der Waals surface area contributed by atoms with E-state index in [1.165, 1.54) is 0 Å². The Morgan fingerprint density at radius 1 is 1.18 bits per heavy atom. The molecule has 2 fully saturated rings. The summed E-state index contributed by atoms with van der Waals surface area (Å²) < 4.78 is 5.16. The molecule has 174 valence electrons. The Bertz CT molecular complexity index is 1050. The van der Waals surface area contributed by atoms with Gasteiger partial charge in [-0.05, 0) is 37.1 Å². The van der Waals surface area contributed by atoms with Crippen molar-refractivity contribution in [3.8, 4) is 0 Å². The van der Waals surface area contributed by atoms with Gasteiger partial charge in [-0.2, -0.15) is 4.98 Å². The number of primary amides is 1. The van der Waals surface area contributed by atoms with E-state index in [1.54, 1.807) is 41.0 Å². The van der Waals surface area contributed by atoms with Crippen molar-refractivity contribution < 1.29 is 19.1 Å². The molecule has 4 rings (SSSR count). The quantitative estimate of drug-likeness (QED) is 0.565. The number of likely N-dealkylation sites (tertiary alicyclic amines) is 1. The predicted molar refractivity (Wildman–Crippen MR) is 120 cm³/mol. The van der Waals surface area contributed by atoms with Crippen LogP contribution >= 0.6 is 0 Å². The number of hydrogen-bond donors (Lipinski definition) is 3. The average molecular weight is 454 g/mol. The summed E-state index contributed by atoms with van der Waals surface area (Å²) >= 11 is 0. The number of hydrogen-bond acceptors (Lipinski definition) is 9. The van der Waals surface area contributed by atoms with Crippen LogP contribution in [0.1, 0.15) is 30.3 Å². The van der Waals surface area contributed by atoms with E-state index in [1.807, 2.05) is 0 Å². The first-order valence-electron chi connectivity index (χ1n) is 10.7. The highest BCUT2D eigenvalue weighted by atomic mass is 16.5. The second-order valence-corrected chi connectivity index (χ2v) is 7.92. The first-order valence-corrected chi connectivity index (χ1v) is 10.7. The second-order valence-electron chi connectivity index (χ2n) is 7.92. The van der Waals surface area contributed by atoms with Crippen molar-refractivity contribution in [2.24, 2.45) is 5.73 Å². The van der Waals surface area contributed by atoms with Crippen LogP contribution in [0.4, 0.5) is 23.1 Å². The van der Waals surface area contributed by atoms with Crippen molar-refractivity contribution in [3.05, 3.63) is 30.0 Å². The fourth-order valence-corrected chi connectivity index (χ4v) is 3.86. The zero-order valence-corrected chi connectivity index (χ0v) is 18.3. The summed E-state index contributed by atoms with van der Waals surface area (Å²) in [5.41, 5.74) is 6.74. The molecule has 12 nitrogen and oxygen atoms in total. The van der Waals surface area contributed by atoms with Gasteiger partial charge in [0, 0.05) is 44.0 Å². The van der Waals surface area contributed by atoms with Crippen LogP contribution in [-0.2, 0) is 14.3 Å². The van der Waals surface area contributed by atoms with E-state index in [2.05, 4.69) is 25.8 Å². The number of carbonyl (C=O) groups excluding carboxylic acids is 3. The third-order valence-electron chi connectivity index (χ3n) is 5.55. The number of nitrogens with two attached hydrogens (primary N) is 1. The minimum atomic E-state index is -0.764. The number of morpholine rings is 1. The van der Waals surface area contributed by atoms with Gasteiger partial charge in [0.15, 0.2) is 11.5 Å². The molecule has 0 bridgehead atoms. The van der Waals surface area contributed by atoms with Gasteiger partial charge >= 0.3 is 0 Å². The standard InChI is InChI=1S/C21H26N8O4/c1-13(30)28-8-2-3-15(11-28)24-21-25-20(18(19(22)32)26-27-21)23-14-4-6-16(7-5-14)29-9-10-33-12-17(29)31/h4-7,15H,2-3,8-12H2,1H3,(H2,22,32)(H2,23,24,25,27)/t15-/m1/s1. The smallest absolute Gasteiger partial charge is 0.273 e. The van der Waals surface area contributed by atoms with Crippen LogP contribution in [0, 0.1) is 0 Å². The van der Waals surface area contributed by atoms with E-state index in [4.69, 9.17) is 10.5 Å². The molecule has 1 atom stereocenters. The first kappa shape index (κ1) is 22.4. The highest BCUT2D eigenvalue weighted by Crippen LogP contribution is 2.23. The zero-order chi connectivity index (χ0) is 23.4. The third kappa shape index (κ3) is 5.34. The molecule has 0 spiro atoms. The summed E-state index contributed by atoms with van der Waals surface area (Å²) in [5.74, 6) is -0.447. The lowest BCUT2D eigenvalue weighted by Gasteiger charge is -2.32. The van der Waals surface area contributed by atoms with Gasteiger partial charge in [0.05, 0.1) is 6.61 Å². The van der Waals surface area contributed by atoms with Crippen molar-refractivity contribution in [1.29, 1.82) is 0 Å². The number of carbonyl (C=O) groups is 3. The maximum absolute atomic E-state index is 12.0. The van der Waals surface area contributed by atoms with Crippen LogP contribution in [0.2, 0.25) is 0 Å². The van der Waals surface area contributed by atoms with E-state index in [-0.39, 0.29) is 41.9 Å². The van der Waals surface area contributed by atoms with Crippen LogP contribution in [0.15, 0.2) is 24.3 Å². The van der Waals surface area contributed by atoms with E-state index in [0.29, 0.717) is 25.4 Å². The highest BCUT2D eigenvalue weighted by Gasteiger charge is 2.24. The number of anilines is 4. The summed E-state index contributed by atoms with van der Waals surface area (Å²) in [4.78, 5) is 43.4. The molecule has 4 N–H and O–H groups in total. The van der Waals surface area contributed by atoms with E-state index < -0.39 is 5.91 Å². The van der Waals surface area contributed by atoms with Crippen molar-refractivity contribution >= 4 is 40.9 Å². The predicted octanol–water partition coefficient (Wildman–Crippen LogP) is 0.500. The summed E-state index contributed by atoms with van der Waals surface area (Å²) in [6, 6.07) is 7.10. The van der Waals surface area contributed by atoms with Gasteiger partial charge in [0.1, 0.15) is 6.61 Å². The molecule has 0 aliphatic carbocycles. The number of nitrogens with one attached hydrogen (secondary N) is 2. The summed E-state index contributed by atoms with van der Waals surface area (Å²) in [5, 5.41) is 14.2. The topological polar surface area (TPSA) is 156 Å². The zero-order valence-electron chi connectivity index (χ0n) is 18.3. The molecule has 12 heteroatoms. The molecule has 2 aliphatic heterocycles. The molecule has 2 saturated heterocycles. The Morgan fingerprint density at radius 2 is 1.97 bits per heavy atom. The molecule has 2 aliphatic rings. The molecular weight excluding hydrogens is 428 g/mol. The first-order chi connectivity index (χ1) is 15.9. The van der Waals surface area contributed by atoms with Gasteiger partial charge in [-0.3, -0.25) is 14.4 Å². The van der Waals surface area contributed by atoms with Gasteiger partial charge in [0.25, 0.3) is 11.8 Å². The lowest BCUT2D eigenvalue weighted by Crippen LogP contribution is -2.44. The summed E-state index contributed by atoms with van der Waals surface area (Å²) in [6.07, 6.45) is 1.72. The Kier molecular flexibility index (Phi) is 6.63. The number of rotatable bonds is 6. The molecule has 33 heavy (non-hydrogen) atoms. The molecular formula is C21H26N8O4. The van der Waals surface area contributed by atoms with Crippen LogP contribution in [0.25, 0.3) is 0 Å². The SMILES string of the molecule is CC(=O)N1CCC[C@@H](Nc2nnc(C(N)=O)c(Nc3ccc(N4CCOCC4=O)cc3)n2)C1. The Labute approximate surface area is 190 Å². The number of aromatic nitrogens is 3. The van der Waals surface area contributed by atoms with E-state index in [0.717, 1.165) is 25.1 Å². The van der Waals surface area contributed by atoms with Crippen molar-refractivity contribution in [1.82, 2.24) is 20.1 Å². The number of piperidine rings is 1. The summed E-state index contributed by atoms with van der Waals surface area (Å²) in [7, 11) is 0. The molecule has 1 aromatic heterocycles.